The Kier molecular flexibility index (Phi) is 3.65. The van der Waals surface area contributed by atoms with E-state index in [4.69, 9.17) is 4.42 Å². The fourth-order valence-corrected chi connectivity index (χ4v) is 2.46. The maximum atomic E-state index is 11.9. The molecule has 2 aromatic rings. The highest BCUT2D eigenvalue weighted by atomic mass is 16.3. The van der Waals surface area contributed by atoms with Crippen LogP contribution in [0.2, 0.25) is 0 Å². The lowest BCUT2D eigenvalue weighted by molar-refractivity contribution is -0.120. The first-order valence-corrected chi connectivity index (χ1v) is 6.66. The van der Waals surface area contributed by atoms with Crippen molar-refractivity contribution in [3.8, 4) is 0 Å². The number of benzene rings is 1. The van der Waals surface area contributed by atoms with Crippen LogP contribution in [0.25, 0.3) is 11.0 Å². The molecule has 1 aromatic carbocycles. The van der Waals surface area contributed by atoms with Gasteiger partial charge in [-0.2, -0.15) is 0 Å². The van der Waals surface area contributed by atoms with Gasteiger partial charge in [-0.25, -0.2) is 0 Å². The standard InChI is InChI=1S/C16H21NO2/c1-9(2)17-14(18)7-13-8-19-16-12(5)10(3)6-11(4)15(13)16/h6,8-9H,7H2,1-5H3,(H,17,18). The maximum Gasteiger partial charge on any atom is 0.224 e. The average molecular weight is 259 g/mol. The van der Waals surface area contributed by atoms with Gasteiger partial charge in [-0.1, -0.05) is 6.07 Å². The summed E-state index contributed by atoms with van der Waals surface area (Å²) < 4.78 is 5.67. The van der Waals surface area contributed by atoms with E-state index in [1.165, 1.54) is 11.1 Å². The third-order valence-electron chi connectivity index (χ3n) is 3.43. The Morgan fingerprint density at radius 3 is 2.58 bits per heavy atom. The molecule has 0 unspecified atom stereocenters. The summed E-state index contributed by atoms with van der Waals surface area (Å²) in [6, 6.07) is 2.31. The topological polar surface area (TPSA) is 42.2 Å². The van der Waals surface area contributed by atoms with E-state index in [2.05, 4.69) is 32.2 Å². The van der Waals surface area contributed by atoms with Crippen molar-refractivity contribution in [1.29, 1.82) is 0 Å². The number of hydrogen-bond donors (Lipinski definition) is 1. The SMILES string of the molecule is Cc1cc(C)c2c(CC(=O)NC(C)C)coc2c1C. The third-order valence-corrected chi connectivity index (χ3v) is 3.43. The molecule has 19 heavy (non-hydrogen) atoms. The number of fused-ring (bicyclic) bond motifs is 1. The Hall–Kier alpha value is -1.77. The van der Waals surface area contributed by atoms with Gasteiger partial charge in [0.25, 0.3) is 0 Å². The molecule has 1 heterocycles. The van der Waals surface area contributed by atoms with Gasteiger partial charge in [-0.15, -0.1) is 0 Å². The second-order valence-electron chi connectivity index (χ2n) is 5.50. The van der Waals surface area contributed by atoms with Crippen LogP contribution < -0.4 is 5.32 Å². The molecule has 0 spiro atoms. The van der Waals surface area contributed by atoms with Gasteiger partial charge >= 0.3 is 0 Å². The van der Waals surface area contributed by atoms with E-state index in [1.807, 2.05) is 13.8 Å². The van der Waals surface area contributed by atoms with E-state index < -0.39 is 0 Å². The van der Waals surface area contributed by atoms with E-state index in [0.717, 1.165) is 22.1 Å². The number of rotatable bonds is 3. The molecule has 0 saturated carbocycles. The summed E-state index contributed by atoms with van der Waals surface area (Å²) in [6.45, 7) is 10.1. The molecule has 0 aliphatic heterocycles. The molecule has 2 rings (SSSR count). The molecule has 3 heteroatoms. The minimum atomic E-state index is 0.0373. The summed E-state index contributed by atoms with van der Waals surface area (Å²) in [6.07, 6.45) is 2.08. The Balaban J connectivity index is 2.41. The van der Waals surface area contributed by atoms with Crippen molar-refractivity contribution in [2.45, 2.75) is 47.1 Å². The largest absolute Gasteiger partial charge is 0.464 e. The predicted molar refractivity (Wildman–Crippen MR) is 77.4 cm³/mol. The Morgan fingerprint density at radius 1 is 1.26 bits per heavy atom. The number of aryl methyl sites for hydroxylation is 3. The third kappa shape index (κ3) is 2.65. The summed E-state index contributed by atoms with van der Waals surface area (Å²) >= 11 is 0. The van der Waals surface area contributed by atoms with Gasteiger partial charge in [0.15, 0.2) is 0 Å². The molecule has 0 saturated heterocycles. The Labute approximate surface area is 114 Å². The van der Waals surface area contributed by atoms with Gasteiger partial charge in [-0.3, -0.25) is 4.79 Å². The van der Waals surface area contributed by atoms with Crippen LogP contribution in [0.3, 0.4) is 0 Å². The highest BCUT2D eigenvalue weighted by molar-refractivity contribution is 5.91. The molecule has 1 amide bonds. The van der Waals surface area contributed by atoms with Crippen LogP contribution in [-0.4, -0.2) is 11.9 Å². The Morgan fingerprint density at radius 2 is 1.95 bits per heavy atom. The van der Waals surface area contributed by atoms with Crippen molar-refractivity contribution in [3.63, 3.8) is 0 Å². The van der Waals surface area contributed by atoms with Gasteiger partial charge < -0.3 is 9.73 Å². The zero-order valence-electron chi connectivity index (χ0n) is 12.3. The number of carbonyl (C=O) groups is 1. The fourth-order valence-electron chi connectivity index (χ4n) is 2.46. The molecule has 0 radical (unpaired) electrons. The smallest absolute Gasteiger partial charge is 0.224 e. The fraction of sp³-hybridized carbons (Fsp3) is 0.438. The molecule has 0 atom stereocenters. The first-order chi connectivity index (χ1) is 8.90. The number of furan rings is 1. The van der Waals surface area contributed by atoms with E-state index in [-0.39, 0.29) is 11.9 Å². The van der Waals surface area contributed by atoms with Gasteiger partial charge in [-0.05, 0) is 51.3 Å². The first-order valence-electron chi connectivity index (χ1n) is 6.66. The minimum Gasteiger partial charge on any atom is -0.464 e. The number of nitrogens with one attached hydrogen (secondary N) is 1. The number of amides is 1. The number of carbonyl (C=O) groups excluding carboxylic acids is 1. The molecular weight excluding hydrogens is 238 g/mol. The quantitative estimate of drug-likeness (QED) is 0.917. The van der Waals surface area contributed by atoms with Crippen LogP contribution in [0.1, 0.15) is 36.1 Å². The maximum absolute atomic E-state index is 11.9. The second-order valence-corrected chi connectivity index (χ2v) is 5.50. The highest BCUT2D eigenvalue weighted by Gasteiger charge is 2.15. The van der Waals surface area contributed by atoms with Gasteiger partial charge in [0.2, 0.25) is 5.91 Å². The monoisotopic (exact) mass is 259 g/mol. The van der Waals surface area contributed by atoms with Crippen LogP contribution >= 0.6 is 0 Å². The van der Waals surface area contributed by atoms with Crippen molar-refractivity contribution in [2.24, 2.45) is 0 Å². The van der Waals surface area contributed by atoms with Crippen molar-refractivity contribution in [3.05, 3.63) is 34.6 Å². The molecule has 1 N–H and O–H groups in total. The van der Waals surface area contributed by atoms with Crippen LogP contribution in [0.4, 0.5) is 0 Å². The molecule has 1 aromatic heterocycles. The van der Waals surface area contributed by atoms with Crippen LogP contribution in [0.15, 0.2) is 16.7 Å². The van der Waals surface area contributed by atoms with Crippen molar-refractivity contribution >= 4 is 16.9 Å². The molecule has 102 valence electrons. The zero-order chi connectivity index (χ0) is 14.2. The predicted octanol–water partition coefficient (Wildman–Crippen LogP) is 3.43. The van der Waals surface area contributed by atoms with Gasteiger partial charge in [0, 0.05) is 17.0 Å². The molecule has 3 nitrogen and oxygen atoms in total. The summed E-state index contributed by atoms with van der Waals surface area (Å²) in [7, 11) is 0. The second kappa shape index (κ2) is 5.08. The lowest BCUT2D eigenvalue weighted by Gasteiger charge is -2.08. The molecular formula is C16H21NO2. The van der Waals surface area contributed by atoms with E-state index in [1.54, 1.807) is 6.26 Å². The molecule has 0 aliphatic rings. The normalized spacial score (nSPS) is 11.3. The van der Waals surface area contributed by atoms with E-state index in [9.17, 15) is 4.79 Å². The van der Waals surface area contributed by atoms with E-state index >= 15 is 0 Å². The summed E-state index contributed by atoms with van der Waals surface area (Å²) in [5.74, 6) is 0.0373. The van der Waals surface area contributed by atoms with Crippen molar-refractivity contribution in [2.75, 3.05) is 0 Å². The van der Waals surface area contributed by atoms with Crippen LogP contribution in [0, 0.1) is 20.8 Å². The van der Waals surface area contributed by atoms with E-state index in [0.29, 0.717) is 6.42 Å². The summed E-state index contributed by atoms with van der Waals surface area (Å²) in [4.78, 5) is 11.9. The average Bonchev–Trinajstić information content (AvgIpc) is 2.69. The zero-order valence-corrected chi connectivity index (χ0v) is 12.3. The van der Waals surface area contributed by atoms with Gasteiger partial charge in [0.1, 0.15) is 5.58 Å². The van der Waals surface area contributed by atoms with Crippen molar-refractivity contribution in [1.82, 2.24) is 5.32 Å². The summed E-state index contributed by atoms with van der Waals surface area (Å²) in [5.41, 5.74) is 5.41. The minimum absolute atomic E-state index is 0.0373. The molecule has 0 bridgehead atoms. The lowest BCUT2D eigenvalue weighted by Crippen LogP contribution is -2.31. The van der Waals surface area contributed by atoms with Crippen molar-refractivity contribution < 1.29 is 9.21 Å². The molecule has 0 fully saturated rings. The Bertz CT molecular complexity index is 623. The van der Waals surface area contributed by atoms with Crippen LogP contribution in [0.5, 0.6) is 0 Å². The summed E-state index contributed by atoms with van der Waals surface area (Å²) in [5, 5.41) is 4.00. The lowest BCUT2D eigenvalue weighted by atomic mass is 9.99. The van der Waals surface area contributed by atoms with Crippen LogP contribution in [-0.2, 0) is 11.2 Å². The highest BCUT2D eigenvalue weighted by Crippen LogP contribution is 2.30. The first kappa shape index (κ1) is 13.7. The molecule has 0 aliphatic carbocycles. The van der Waals surface area contributed by atoms with Gasteiger partial charge in [0.05, 0.1) is 12.7 Å². The number of hydrogen-bond acceptors (Lipinski definition) is 2.